The first-order chi connectivity index (χ1) is 9.08. The molecular weight excluding hydrogens is 240 g/mol. The lowest BCUT2D eigenvalue weighted by Gasteiger charge is -2.08. The number of esters is 1. The average Bonchev–Trinajstić information content (AvgIpc) is 2.41. The molecule has 1 N–H and O–H groups in total. The van der Waals surface area contributed by atoms with Gasteiger partial charge in [0, 0.05) is 11.1 Å². The molecule has 0 aliphatic rings. The molecule has 96 valence electrons. The van der Waals surface area contributed by atoms with Crippen LogP contribution < -0.4 is 4.74 Å². The minimum atomic E-state index is -0.482. The maximum atomic E-state index is 11.5. The lowest BCUT2D eigenvalue weighted by Crippen LogP contribution is -2.08. The second kappa shape index (κ2) is 5.40. The van der Waals surface area contributed by atoms with Crippen molar-refractivity contribution in [2.24, 2.45) is 0 Å². The van der Waals surface area contributed by atoms with Gasteiger partial charge in [-0.15, -0.1) is 0 Å². The van der Waals surface area contributed by atoms with Crippen LogP contribution in [0.2, 0.25) is 0 Å². The number of carbonyl (C=O) groups is 1. The van der Waals surface area contributed by atoms with Crippen LogP contribution in [0.1, 0.15) is 6.92 Å². The van der Waals surface area contributed by atoms with Crippen molar-refractivity contribution in [3.05, 3.63) is 60.7 Å². The molecule has 0 atom stereocenters. The van der Waals surface area contributed by atoms with Gasteiger partial charge in [0.2, 0.25) is 0 Å². The van der Waals surface area contributed by atoms with Crippen LogP contribution in [-0.2, 0) is 4.79 Å². The van der Waals surface area contributed by atoms with Crippen molar-refractivity contribution >= 4 is 5.97 Å². The van der Waals surface area contributed by atoms with Gasteiger partial charge in [0.25, 0.3) is 0 Å². The van der Waals surface area contributed by atoms with Crippen LogP contribution in [-0.4, -0.2) is 11.1 Å². The van der Waals surface area contributed by atoms with Crippen LogP contribution >= 0.6 is 0 Å². The van der Waals surface area contributed by atoms with E-state index in [1.54, 1.807) is 19.1 Å². The van der Waals surface area contributed by atoms with Gasteiger partial charge in [-0.2, -0.15) is 0 Å². The molecule has 0 amide bonds. The van der Waals surface area contributed by atoms with Crippen LogP contribution in [0.3, 0.4) is 0 Å². The summed E-state index contributed by atoms with van der Waals surface area (Å²) in [5, 5.41) is 9.87. The summed E-state index contributed by atoms with van der Waals surface area (Å²) >= 11 is 0. The summed E-state index contributed by atoms with van der Waals surface area (Å²) in [5.74, 6) is 0.0377. The largest absolute Gasteiger partial charge is 0.507 e. The van der Waals surface area contributed by atoms with Gasteiger partial charge in [-0.25, -0.2) is 4.79 Å². The molecule has 0 aromatic heterocycles. The van der Waals surface area contributed by atoms with E-state index in [1.165, 1.54) is 6.07 Å². The second-order valence-electron chi connectivity index (χ2n) is 4.21. The molecule has 0 fully saturated rings. The van der Waals surface area contributed by atoms with Crippen molar-refractivity contribution in [3.8, 4) is 22.6 Å². The van der Waals surface area contributed by atoms with Gasteiger partial charge in [-0.3, -0.25) is 0 Å². The second-order valence-corrected chi connectivity index (χ2v) is 4.21. The molecule has 3 nitrogen and oxygen atoms in total. The highest BCUT2D eigenvalue weighted by Crippen LogP contribution is 2.32. The van der Waals surface area contributed by atoms with Crippen LogP contribution in [0.4, 0.5) is 0 Å². The number of hydrogen-bond acceptors (Lipinski definition) is 3. The Kier molecular flexibility index (Phi) is 3.66. The lowest BCUT2D eigenvalue weighted by molar-refractivity contribution is -0.130. The van der Waals surface area contributed by atoms with E-state index in [9.17, 15) is 9.90 Å². The Bertz CT molecular complexity index is 615. The van der Waals surface area contributed by atoms with E-state index in [0.29, 0.717) is 16.9 Å². The fourth-order valence-corrected chi connectivity index (χ4v) is 1.62. The highest BCUT2D eigenvalue weighted by Gasteiger charge is 2.09. The minimum absolute atomic E-state index is 0.140. The number of carbonyl (C=O) groups excluding carboxylic acids is 1. The fourth-order valence-electron chi connectivity index (χ4n) is 1.62. The van der Waals surface area contributed by atoms with Crippen molar-refractivity contribution in [3.63, 3.8) is 0 Å². The number of ether oxygens (including phenoxy) is 1. The standard InChI is InChI=1S/C16H14O3/c1-11(2)16(18)19-13-8-9-15(17)14(10-13)12-6-4-3-5-7-12/h3-10,17H,1H2,2H3. The van der Waals surface area contributed by atoms with Gasteiger partial charge < -0.3 is 9.84 Å². The topological polar surface area (TPSA) is 46.5 Å². The number of benzene rings is 2. The smallest absolute Gasteiger partial charge is 0.338 e. The van der Waals surface area contributed by atoms with Crippen molar-refractivity contribution < 1.29 is 14.6 Å². The monoisotopic (exact) mass is 254 g/mol. The summed E-state index contributed by atoms with van der Waals surface area (Å²) in [6, 6.07) is 14.1. The lowest BCUT2D eigenvalue weighted by atomic mass is 10.0. The zero-order valence-corrected chi connectivity index (χ0v) is 10.6. The molecule has 0 spiro atoms. The Labute approximate surface area is 111 Å². The van der Waals surface area contributed by atoms with Crippen molar-refractivity contribution in [2.75, 3.05) is 0 Å². The molecule has 2 rings (SSSR count). The SMILES string of the molecule is C=C(C)C(=O)Oc1ccc(O)c(-c2ccccc2)c1. The first-order valence-corrected chi connectivity index (χ1v) is 5.84. The van der Waals surface area contributed by atoms with Crippen LogP contribution in [0.25, 0.3) is 11.1 Å². The third-order valence-electron chi connectivity index (χ3n) is 2.61. The summed E-state index contributed by atoms with van der Waals surface area (Å²) in [6.07, 6.45) is 0. The summed E-state index contributed by atoms with van der Waals surface area (Å²) in [4.78, 5) is 11.5. The molecule has 0 bridgehead atoms. The van der Waals surface area contributed by atoms with Crippen LogP contribution in [0, 0.1) is 0 Å². The van der Waals surface area contributed by atoms with Crippen LogP contribution in [0.15, 0.2) is 60.7 Å². The highest BCUT2D eigenvalue weighted by molar-refractivity contribution is 5.89. The Morgan fingerprint density at radius 1 is 1.16 bits per heavy atom. The normalized spacial score (nSPS) is 9.95. The van der Waals surface area contributed by atoms with E-state index in [2.05, 4.69) is 6.58 Å². The van der Waals surface area contributed by atoms with Gasteiger partial charge >= 0.3 is 5.97 Å². The molecular formula is C16H14O3. The molecule has 0 aliphatic heterocycles. The molecule has 0 unspecified atom stereocenters. The quantitative estimate of drug-likeness (QED) is 0.517. The average molecular weight is 254 g/mol. The Morgan fingerprint density at radius 2 is 1.84 bits per heavy atom. The maximum Gasteiger partial charge on any atom is 0.338 e. The molecule has 19 heavy (non-hydrogen) atoms. The Morgan fingerprint density at radius 3 is 2.47 bits per heavy atom. The zero-order valence-electron chi connectivity index (χ0n) is 10.6. The number of hydrogen-bond donors (Lipinski definition) is 1. The maximum absolute atomic E-state index is 11.5. The molecule has 0 heterocycles. The number of phenols is 1. The van der Waals surface area contributed by atoms with E-state index in [0.717, 1.165) is 5.56 Å². The van der Waals surface area contributed by atoms with Gasteiger partial charge in [0.1, 0.15) is 11.5 Å². The fraction of sp³-hybridized carbons (Fsp3) is 0.0625. The van der Waals surface area contributed by atoms with Crippen molar-refractivity contribution in [1.82, 2.24) is 0 Å². The van der Waals surface area contributed by atoms with E-state index < -0.39 is 5.97 Å². The predicted octanol–water partition coefficient (Wildman–Crippen LogP) is 3.54. The molecule has 2 aromatic carbocycles. The van der Waals surface area contributed by atoms with Crippen molar-refractivity contribution in [1.29, 1.82) is 0 Å². The molecule has 0 saturated carbocycles. The number of phenolic OH excluding ortho intramolecular Hbond substituents is 1. The van der Waals surface area contributed by atoms with Gasteiger partial charge in [-0.1, -0.05) is 36.9 Å². The first-order valence-electron chi connectivity index (χ1n) is 5.84. The summed E-state index contributed by atoms with van der Waals surface area (Å²) in [6.45, 7) is 5.11. The molecule has 0 radical (unpaired) electrons. The molecule has 0 aliphatic carbocycles. The molecule has 2 aromatic rings. The van der Waals surface area contributed by atoms with Gasteiger partial charge in [-0.05, 0) is 30.7 Å². The molecule has 3 heteroatoms. The third kappa shape index (κ3) is 3.01. The van der Waals surface area contributed by atoms with E-state index in [-0.39, 0.29) is 5.75 Å². The third-order valence-corrected chi connectivity index (χ3v) is 2.61. The Hall–Kier alpha value is -2.55. The molecule has 0 saturated heterocycles. The van der Waals surface area contributed by atoms with Crippen LogP contribution in [0.5, 0.6) is 11.5 Å². The van der Waals surface area contributed by atoms with E-state index in [1.807, 2.05) is 30.3 Å². The van der Waals surface area contributed by atoms with Gasteiger partial charge in [0.15, 0.2) is 0 Å². The minimum Gasteiger partial charge on any atom is -0.507 e. The van der Waals surface area contributed by atoms with Crippen molar-refractivity contribution in [2.45, 2.75) is 6.92 Å². The number of rotatable bonds is 3. The zero-order chi connectivity index (χ0) is 13.8. The summed E-state index contributed by atoms with van der Waals surface area (Å²) in [5.41, 5.74) is 1.80. The van der Waals surface area contributed by atoms with E-state index >= 15 is 0 Å². The predicted molar refractivity (Wildman–Crippen MR) is 74.0 cm³/mol. The Balaban J connectivity index is 2.35. The first kappa shape index (κ1) is 12.9. The summed E-state index contributed by atoms with van der Waals surface area (Å²) < 4.78 is 5.14. The number of aromatic hydroxyl groups is 1. The highest BCUT2D eigenvalue weighted by atomic mass is 16.5. The van der Waals surface area contributed by atoms with E-state index in [4.69, 9.17) is 4.74 Å². The summed E-state index contributed by atoms with van der Waals surface area (Å²) in [7, 11) is 0. The van der Waals surface area contributed by atoms with Gasteiger partial charge in [0.05, 0.1) is 0 Å².